The molecule has 106 heavy (non-hydrogen) atoms. The molecule has 0 fully saturated rings. The Kier molecular flexibility index (Phi) is 72.6. The van der Waals surface area contributed by atoms with Crippen LogP contribution in [-0.4, -0.2) is 96.7 Å². The third-order valence-electron chi connectivity index (χ3n) is 15.6. The standard InChI is InChI=1S/C87H138O17P2/c1-5-9-13-17-21-25-29-33-37-39-40-42-46-48-52-56-60-64-68-72-85(90)98-78-83(104-87(92)74-70-66-62-58-54-50-44-36-32-28-24-20-16-12-8-4)80-102-106(95,96)100-76-81(88)75-99-105(93,94)101-79-82(103-86(91)73-69-65-61-57-53-49-43-35-31-27-23-19-15-11-7-3)77-97-84(89)71-67-63-59-55-51-47-45-41-38-34-30-26-22-18-14-10-6-2/h9-16,21-28,33-38,40,42-45,47,54,58,66,70,81-83,88H,5-8,17-20,29-32,39,41,46,48-53,55-57,59-65,67-69,71-80H2,1-4H3,(H,93,94)(H,95,96)/b13-9-,14-10-,15-11-,16-12-,25-21-,26-22-,27-23-,28-24-,37-33-,38-34-,42-40-,43-35-,44-36-,47-45-,58-54-,70-66-. The molecule has 17 nitrogen and oxygen atoms in total. The van der Waals surface area contributed by atoms with Crippen molar-refractivity contribution in [3.63, 3.8) is 0 Å². The van der Waals surface area contributed by atoms with E-state index in [1.54, 1.807) is 12.2 Å². The molecular weight excluding hydrogens is 1380 g/mol. The van der Waals surface area contributed by atoms with Gasteiger partial charge in [-0.1, -0.05) is 280 Å². The van der Waals surface area contributed by atoms with Crippen LogP contribution in [0.15, 0.2) is 194 Å². The summed E-state index contributed by atoms with van der Waals surface area (Å²) in [7, 11) is -10.0. The second-order valence-electron chi connectivity index (χ2n) is 25.5. The number of rotatable bonds is 72. The lowest BCUT2D eigenvalue weighted by Gasteiger charge is -2.21. The van der Waals surface area contributed by atoms with Crippen LogP contribution in [0.1, 0.15) is 272 Å². The highest BCUT2D eigenvalue weighted by atomic mass is 31.2. The van der Waals surface area contributed by atoms with E-state index in [1.807, 2.05) is 12.2 Å². The molecule has 0 saturated carbocycles. The molecule has 0 aromatic heterocycles. The number of phosphoric ester groups is 2. The summed E-state index contributed by atoms with van der Waals surface area (Å²) in [6.45, 7) is 4.21. The van der Waals surface area contributed by atoms with Crippen molar-refractivity contribution in [2.24, 2.45) is 0 Å². The highest BCUT2D eigenvalue weighted by molar-refractivity contribution is 7.47. The van der Waals surface area contributed by atoms with Crippen molar-refractivity contribution in [1.82, 2.24) is 0 Å². The summed E-state index contributed by atoms with van der Waals surface area (Å²) in [5.74, 6) is -2.40. The van der Waals surface area contributed by atoms with E-state index in [4.69, 9.17) is 37.0 Å². The molecule has 0 aliphatic carbocycles. The van der Waals surface area contributed by atoms with Gasteiger partial charge in [0.1, 0.15) is 19.3 Å². The second-order valence-corrected chi connectivity index (χ2v) is 28.4. The van der Waals surface area contributed by atoms with Crippen LogP contribution < -0.4 is 0 Å². The Morgan fingerprint density at radius 2 is 0.500 bits per heavy atom. The van der Waals surface area contributed by atoms with E-state index in [0.29, 0.717) is 25.7 Å². The maximum absolute atomic E-state index is 13.1. The van der Waals surface area contributed by atoms with Gasteiger partial charge in [0.05, 0.1) is 32.8 Å². The Morgan fingerprint density at radius 3 is 0.792 bits per heavy atom. The van der Waals surface area contributed by atoms with Gasteiger partial charge in [-0.3, -0.25) is 37.3 Å². The molecule has 0 aromatic rings. The Morgan fingerprint density at radius 1 is 0.274 bits per heavy atom. The third-order valence-corrected chi connectivity index (χ3v) is 17.5. The van der Waals surface area contributed by atoms with Crippen LogP contribution >= 0.6 is 15.6 Å². The summed E-state index contributed by atoms with van der Waals surface area (Å²) in [5.41, 5.74) is 0. The van der Waals surface area contributed by atoms with Crippen LogP contribution in [0, 0.1) is 0 Å². The summed E-state index contributed by atoms with van der Waals surface area (Å²) in [5, 5.41) is 10.6. The molecule has 5 unspecified atom stereocenters. The number of allylic oxidation sites excluding steroid dienone is 31. The fraction of sp³-hybridized carbons (Fsp3) is 0.586. The first kappa shape index (κ1) is 99.9. The molecule has 19 heteroatoms. The fourth-order valence-electron chi connectivity index (χ4n) is 9.70. The predicted octanol–water partition coefficient (Wildman–Crippen LogP) is 23.3. The zero-order chi connectivity index (χ0) is 77.4. The molecule has 0 heterocycles. The van der Waals surface area contributed by atoms with E-state index in [-0.39, 0.29) is 25.7 Å². The van der Waals surface area contributed by atoms with Crippen LogP contribution in [0.3, 0.4) is 0 Å². The number of aliphatic hydroxyl groups is 1. The number of hydrogen-bond donors (Lipinski definition) is 3. The van der Waals surface area contributed by atoms with Gasteiger partial charge in [-0.15, -0.1) is 0 Å². The van der Waals surface area contributed by atoms with E-state index in [2.05, 4.69) is 198 Å². The predicted molar refractivity (Wildman–Crippen MR) is 436 cm³/mol. The minimum absolute atomic E-state index is 0.0594. The summed E-state index contributed by atoms with van der Waals surface area (Å²) >= 11 is 0. The van der Waals surface area contributed by atoms with Gasteiger partial charge in [-0.05, 0) is 161 Å². The number of hydrogen-bond acceptors (Lipinski definition) is 15. The first-order valence-electron chi connectivity index (χ1n) is 39.7. The topological polar surface area (TPSA) is 237 Å². The summed E-state index contributed by atoms with van der Waals surface area (Å²) in [6.07, 6.45) is 94.4. The number of aliphatic hydroxyl groups excluding tert-OH is 1. The minimum Gasteiger partial charge on any atom is -0.462 e. The molecule has 0 aliphatic rings. The van der Waals surface area contributed by atoms with E-state index in [0.717, 1.165) is 193 Å². The van der Waals surface area contributed by atoms with Crippen molar-refractivity contribution in [2.75, 3.05) is 39.6 Å². The lowest BCUT2D eigenvalue weighted by atomic mass is 10.1. The van der Waals surface area contributed by atoms with Gasteiger partial charge >= 0.3 is 39.5 Å². The van der Waals surface area contributed by atoms with Gasteiger partial charge in [0, 0.05) is 19.3 Å². The van der Waals surface area contributed by atoms with Crippen LogP contribution in [-0.2, 0) is 65.4 Å². The van der Waals surface area contributed by atoms with Crippen LogP contribution in [0.2, 0.25) is 0 Å². The van der Waals surface area contributed by atoms with E-state index < -0.39 is 97.5 Å². The SMILES string of the molecule is CC/C=C\C/C=C\C/C=C\C/C=C\C/C=C\CC(=O)OC(COC(=O)CCCCCCCC/C=C\C/C=C\C/C=C\C/C=C\CC)COP(=O)(O)OCC(O)COP(=O)(O)OCC(COC(=O)CCCCCC/C=C\C/C=C\C/C=C\C/C=C\CC)OC(=O)CCCCCCC/C=C\C/C=C\C/C=C\CC. The monoisotopic (exact) mass is 1520 g/mol. The lowest BCUT2D eigenvalue weighted by Crippen LogP contribution is -2.30. The van der Waals surface area contributed by atoms with Gasteiger partial charge in [0.15, 0.2) is 12.2 Å². The molecule has 0 aromatic carbocycles. The zero-order valence-corrected chi connectivity index (χ0v) is 67.1. The fourth-order valence-corrected chi connectivity index (χ4v) is 11.3. The first-order valence-corrected chi connectivity index (χ1v) is 42.7. The van der Waals surface area contributed by atoms with E-state index in [1.165, 1.54) is 0 Å². The maximum atomic E-state index is 13.1. The normalized spacial score (nSPS) is 14.9. The number of unbranched alkanes of at least 4 members (excludes halogenated alkanes) is 15. The van der Waals surface area contributed by atoms with Crippen molar-refractivity contribution < 1.29 is 80.2 Å². The average Bonchev–Trinajstić information content (AvgIpc) is 0.902. The number of phosphoric acid groups is 2. The molecule has 598 valence electrons. The van der Waals surface area contributed by atoms with Crippen molar-refractivity contribution in [1.29, 1.82) is 0 Å². The molecule has 3 N–H and O–H groups in total. The lowest BCUT2D eigenvalue weighted by molar-refractivity contribution is -0.161. The first-order chi connectivity index (χ1) is 51.7. The summed E-state index contributed by atoms with van der Waals surface area (Å²) in [4.78, 5) is 73.0. The smallest absolute Gasteiger partial charge is 0.462 e. The third kappa shape index (κ3) is 76.1. The van der Waals surface area contributed by atoms with E-state index >= 15 is 0 Å². The highest BCUT2D eigenvalue weighted by Crippen LogP contribution is 2.45. The largest absolute Gasteiger partial charge is 0.472 e. The summed E-state index contributed by atoms with van der Waals surface area (Å²) < 4.78 is 68.4. The minimum atomic E-state index is -5.02. The Balaban J connectivity index is 5.49. The molecule has 0 rings (SSSR count). The van der Waals surface area contributed by atoms with Crippen LogP contribution in [0.4, 0.5) is 0 Å². The maximum Gasteiger partial charge on any atom is 0.472 e. The molecular formula is C87H138O17P2. The molecule has 0 aliphatic heterocycles. The van der Waals surface area contributed by atoms with Crippen molar-refractivity contribution in [2.45, 2.75) is 290 Å². The highest BCUT2D eigenvalue weighted by Gasteiger charge is 2.30. The summed E-state index contributed by atoms with van der Waals surface area (Å²) in [6, 6.07) is 0. The number of carbonyl (C=O) groups excluding carboxylic acids is 4. The van der Waals surface area contributed by atoms with Crippen LogP contribution in [0.5, 0.6) is 0 Å². The van der Waals surface area contributed by atoms with Crippen molar-refractivity contribution in [3.05, 3.63) is 194 Å². The molecule has 5 atom stereocenters. The molecule has 0 spiro atoms. The average molecular weight is 1520 g/mol. The Hall–Kier alpha value is -6.10. The van der Waals surface area contributed by atoms with Gasteiger partial charge in [-0.2, -0.15) is 0 Å². The van der Waals surface area contributed by atoms with Crippen molar-refractivity contribution >= 4 is 39.5 Å². The second kappa shape index (κ2) is 77.1. The molecule has 0 saturated heterocycles. The zero-order valence-electron chi connectivity index (χ0n) is 65.3. The van der Waals surface area contributed by atoms with Gasteiger partial charge in [0.25, 0.3) is 0 Å². The van der Waals surface area contributed by atoms with Gasteiger partial charge < -0.3 is 33.8 Å². The van der Waals surface area contributed by atoms with Crippen molar-refractivity contribution in [3.8, 4) is 0 Å². The molecule has 0 amide bonds. The van der Waals surface area contributed by atoms with Gasteiger partial charge in [-0.25, -0.2) is 9.13 Å². The number of carbonyl (C=O) groups is 4. The Labute approximate surface area is 640 Å². The van der Waals surface area contributed by atoms with Gasteiger partial charge in [0.2, 0.25) is 0 Å². The quantitative estimate of drug-likeness (QED) is 0.0169. The Bertz CT molecular complexity index is 2780. The molecule has 0 radical (unpaired) electrons. The number of esters is 4. The van der Waals surface area contributed by atoms with Crippen LogP contribution in [0.25, 0.3) is 0 Å². The number of ether oxygens (including phenoxy) is 4. The molecule has 0 bridgehead atoms. The van der Waals surface area contributed by atoms with E-state index in [9.17, 15) is 43.2 Å².